The standard InChI is InChI=1S/C21H16ClFN4O2S/c1-12-16(21(22)27(26-12)15-5-2-13(23)3-6-15)7-9-19(28)24-14-4-8-18-17(10-14)25-20(29)11-30-18/h2-10H,11H2,1H3,(H,24,28)(H,25,29)/b9-7+. The van der Waals surface area contributed by atoms with Crippen LogP contribution in [0.3, 0.4) is 0 Å². The molecule has 0 atom stereocenters. The van der Waals surface area contributed by atoms with E-state index in [9.17, 15) is 14.0 Å². The lowest BCUT2D eigenvalue weighted by molar-refractivity contribution is -0.114. The Hall–Kier alpha value is -3.10. The van der Waals surface area contributed by atoms with E-state index < -0.39 is 0 Å². The Kier molecular flexibility index (Phi) is 5.61. The average molecular weight is 443 g/mol. The predicted octanol–water partition coefficient (Wildman–Crippen LogP) is 4.67. The minimum atomic E-state index is -0.352. The molecular weight excluding hydrogens is 427 g/mol. The van der Waals surface area contributed by atoms with Crippen molar-refractivity contribution in [1.82, 2.24) is 9.78 Å². The molecule has 1 aliphatic rings. The van der Waals surface area contributed by atoms with Crippen molar-refractivity contribution in [2.24, 2.45) is 0 Å². The Morgan fingerprint density at radius 3 is 2.83 bits per heavy atom. The van der Waals surface area contributed by atoms with E-state index in [4.69, 9.17) is 11.6 Å². The summed E-state index contributed by atoms with van der Waals surface area (Å²) in [6, 6.07) is 11.1. The molecule has 3 aromatic rings. The van der Waals surface area contributed by atoms with Crippen LogP contribution in [0, 0.1) is 12.7 Å². The molecule has 0 saturated carbocycles. The maximum Gasteiger partial charge on any atom is 0.248 e. The molecule has 2 amide bonds. The molecule has 152 valence electrons. The second kappa shape index (κ2) is 8.33. The van der Waals surface area contributed by atoms with Gasteiger partial charge in [-0.25, -0.2) is 9.07 Å². The van der Waals surface area contributed by atoms with Crippen LogP contribution in [-0.2, 0) is 9.59 Å². The van der Waals surface area contributed by atoms with Gasteiger partial charge in [-0.1, -0.05) is 11.6 Å². The molecule has 0 unspecified atom stereocenters. The van der Waals surface area contributed by atoms with E-state index >= 15 is 0 Å². The van der Waals surface area contributed by atoms with E-state index in [2.05, 4.69) is 15.7 Å². The summed E-state index contributed by atoms with van der Waals surface area (Å²) >= 11 is 7.87. The van der Waals surface area contributed by atoms with Gasteiger partial charge in [0.2, 0.25) is 11.8 Å². The molecule has 1 aliphatic heterocycles. The number of rotatable bonds is 4. The summed E-state index contributed by atoms with van der Waals surface area (Å²) in [5.41, 5.74) is 3.07. The van der Waals surface area contributed by atoms with Crippen LogP contribution in [0.25, 0.3) is 11.8 Å². The van der Waals surface area contributed by atoms with E-state index in [0.717, 1.165) is 4.90 Å². The van der Waals surface area contributed by atoms with Crippen molar-refractivity contribution in [3.63, 3.8) is 0 Å². The van der Waals surface area contributed by atoms with Gasteiger partial charge in [-0.05, 0) is 55.5 Å². The van der Waals surface area contributed by atoms with Gasteiger partial charge in [0, 0.05) is 22.2 Å². The lowest BCUT2D eigenvalue weighted by Crippen LogP contribution is -2.19. The van der Waals surface area contributed by atoms with Gasteiger partial charge in [-0.15, -0.1) is 11.8 Å². The monoisotopic (exact) mass is 442 g/mol. The number of halogens is 2. The van der Waals surface area contributed by atoms with Crippen molar-refractivity contribution in [3.8, 4) is 5.69 Å². The zero-order valence-corrected chi connectivity index (χ0v) is 17.4. The Morgan fingerprint density at radius 1 is 1.30 bits per heavy atom. The molecule has 6 nitrogen and oxygen atoms in total. The van der Waals surface area contributed by atoms with Crippen LogP contribution in [0.1, 0.15) is 11.3 Å². The molecule has 0 radical (unpaired) electrons. The van der Waals surface area contributed by atoms with E-state index in [0.29, 0.717) is 39.2 Å². The fourth-order valence-corrected chi connectivity index (χ4v) is 4.08. The van der Waals surface area contributed by atoms with E-state index in [-0.39, 0.29) is 17.6 Å². The van der Waals surface area contributed by atoms with Gasteiger partial charge in [-0.3, -0.25) is 9.59 Å². The molecule has 2 N–H and O–H groups in total. The summed E-state index contributed by atoms with van der Waals surface area (Å²) in [6.45, 7) is 1.77. The first-order chi connectivity index (χ1) is 14.4. The first-order valence-electron chi connectivity index (χ1n) is 8.97. The maximum absolute atomic E-state index is 13.1. The van der Waals surface area contributed by atoms with Crippen LogP contribution < -0.4 is 10.6 Å². The molecule has 2 aromatic carbocycles. The number of hydrogen-bond acceptors (Lipinski definition) is 4. The van der Waals surface area contributed by atoms with Crippen molar-refractivity contribution in [1.29, 1.82) is 0 Å². The summed E-state index contributed by atoms with van der Waals surface area (Å²) in [4.78, 5) is 24.8. The van der Waals surface area contributed by atoms with Crippen LogP contribution >= 0.6 is 23.4 Å². The zero-order valence-electron chi connectivity index (χ0n) is 15.8. The fraction of sp³-hybridized carbons (Fsp3) is 0.0952. The summed E-state index contributed by atoms with van der Waals surface area (Å²) in [7, 11) is 0. The number of thioether (sulfide) groups is 1. The van der Waals surface area contributed by atoms with Crippen molar-refractivity contribution in [2.75, 3.05) is 16.4 Å². The maximum atomic E-state index is 13.1. The van der Waals surface area contributed by atoms with Crippen LogP contribution in [0.5, 0.6) is 0 Å². The second-order valence-electron chi connectivity index (χ2n) is 6.55. The van der Waals surface area contributed by atoms with E-state index in [1.807, 2.05) is 6.07 Å². The highest BCUT2D eigenvalue weighted by atomic mass is 35.5. The highest BCUT2D eigenvalue weighted by Gasteiger charge is 2.16. The topological polar surface area (TPSA) is 76.0 Å². The first-order valence-corrected chi connectivity index (χ1v) is 10.3. The van der Waals surface area contributed by atoms with Gasteiger partial charge in [-0.2, -0.15) is 5.10 Å². The first kappa shape index (κ1) is 20.2. The SMILES string of the molecule is Cc1nn(-c2ccc(F)cc2)c(Cl)c1/C=C/C(=O)Nc1ccc2c(c1)NC(=O)CS2. The minimum absolute atomic E-state index is 0.0702. The van der Waals surface area contributed by atoms with E-state index in [1.54, 1.807) is 37.3 Å². The van der Waals surface area contributed by atoms with E-state index in [1.165, 1.54) is 34.7 Å². The Balaban J connectivity index is 1.50. The number of carbonyl (C=O) groups excluding carboxylic acids is 2. The zero-order chi connectivity index (χ0) is 21.3. The number of aryl methyl sites for hydroxylation is 1. The van der Waals surface area contributed by atoms with Crippen LogP contribution in [-0.4, -0.2) is 27.3 Å². The average Bonchev–Trinajstić information content (AvgIpc) is 3.00. The molecule has 9 heteroatoms. The molecular formula is C21H16ClFN4O2S. The van der Waals surface area contributed by atoms with Crippen molar-refractivity contribution < 1.29 is 14.0 Å². The number of amides is 2. The summed E-state index contributed by atoms with van der Waals surface area (Å²) in [6.07, 6.45) is 2.94. The number of anilines is 2. The smallest absolute Gasteiger partial charge is 0.248 e. The molecule has 0 aliphatic carbocycles. The summed E-state index contributed by atoms with van der Waals surface area (Å²) in [5, 5.41) is 10.2. The number of aromatic nitrogens is 2. The molecule has 0 bridgehead atoms. The van der Waals surface area contributed by atoms with Crippen LogP contribution in [0.4, 0.5) is 15.8 Å². The lowest BCUT2D eigenvalue weighted by Gasteiger charge is -2.17. The van der Waals surface area contributed by atoms with Crippen molar-refractivity contribution in [3.05, 3.63) is 70.8 Å². The van der Waals surface area contributed by atoms with Crippen molar-refractivity contribution in [2.45, 2.75) is 11.8 Å². The van der Waals surface area contributed by atoms with Gasteiger partial charge in [0.1, 0.15) is 11.0 Å². The lowest BCUT2D eigenvalue weighted by atomic mass is 10.2. The molecule has 0 saturated heterocycles. The van der Waals surface area contributed by atoms with Crippen LogP contribution in [0.15, 0.2) is 53.4 Å². The number of nitrogens with one attached hydrogen (secondary N) is 2. The Labute approximate surface area is 181 Å². The molecule has 1 aromatic heterocycles. The quantitative estimate of drug-likeness (QED) is 0.576. The molecule has 0 spiro atoms. The number of hydrogen-bond donors (Lipinski definition) is 2. The Morgan fingerprint density at radius 2 is 2.07 bits per heavy atom. The Bertz CT molecular complexity index is 1170. The van der Waals surface area contributed by atoms with Gasteiger partial charge in [0.15, 0.2) is 0 Å². The minimum Gasteiger partial charge on any atom is -0.324 e. The van der Waals surface area contributed by atoms with Gasteiger partial charge in [0.05, 0.1) is 22.8 Å². The van der Waals surface area contributed by atoms with Crippen molar-refractivity contribution >= 4 is 52.6 Å². The number of fused-ring (bicyclic) bond motifs is 1. The fourth-order valence-electron chi connectivity index (χ4n) is 2.96. The van der Waals surface area contributed by atoms with Gasteiger partial charge < -0.3 is 10.6 Å². The van der Waals surface area contributed by atoms with Gasteiger partial charge in [0.25, 0.3) is 0 Å². The third-order valence-electron chi connectivity index (χ3n) is 4.40. The summed E-state index contributed by atoms with van der Waals surface area (Å²) < 4.78 is 14.6. The van der Waals surface area contributed by atoms with Gasteiger partial charge >= 0.3 is 0 Å². The number of carbonyl (C=O) groups is 2. The number of nitrogens with zero attached hydrogens (tertiary/aromatic N) is 2. The third kappa shape index (κ3) is 4.24. The predicted molar refractivity (Wildman–Crippen MR) is 117 cm³/mol. The second-order valence-corrected chi connectivity index (χ2v) is 7.92. The normalized spacial score (nSPS) is 13.2. The molecule has 4 rings (SSSR count). The molecule has 0 fully saturated rings. The number of benzene rings is 2. The van der Waals surface area contributed by atoms with Crippen LogP contribution in [0.2, 0.25) is 5.15 Å². The third-order valence-corrected chi connectivity index (χ3v) is 5.84. The largest absolute Gasteiger partial charge is 0.324 e. The molecule has 30 heavy (non-hydrogen) atoms. The highest BCUT2D eigenvalue weighted by molar-refractivity contribution is 8.00. The summed E-state index contributed by atoms with van der Waals surface area (Å²) in [5.74, 6) is -0.391. The molecule has 2 heterocycles. The highest BCUT2D eigenvalue weighted by Crippen LogP contribution is 2.33.